The van der Waals surface area contributed by atoms with Gasteiger partial charge in [-0.25, -0.2) is 0 Å². The molecule has 1 aromatic carbocycles. The summed E-state index contributed by atoms with van der Waals surface area (Å²) in [4.78, 5) is 0. The van der Waals surface area contributed by atoms with Crippen molar-refractivity contribution in [2.45, 2.75) is 27.7 Å². The van der Waals surface area contributed by atoms with Gasteiger partial charge in [0, 0.05) is 0 Å². The molecule has 0 saturated carbocycles. The van der Waals surface area contributed by atoms with Crippen LogP contribution in [0, 0.1) is 13.8 Å². The van der Waals surface area contributed by atoms with Crippen LogP contribution in [0.2, 0.25) is 0 Å². The molecule has 0 atom stereocenters. The van der Waals surface area contributed by atoms with Crippen LogP contribution < -0.4 is 10.4 Å². The normalized spacial score (nSPS) is 12.6. The number of hydrogen-bond acceptors (Lipinski definition) is 0. The zero-order chi connectivity index (χ0) is 10.9. The highest BCUT2D eigenvalue weighted by molar-refractivity contribution is 5.60. The molecule has 0 nitrogen and oxygen atoms in total. The van der Waals surface area contributed by atoms with Crippen LogP contribution in [-0.4, -0.2) is 0 Å². The summed E-state index contributed by atoms with van der Waals surface area (Å²) in [5.74, 6) is 0. The minimum absolute atomic E-state index is 1.11. The Balaban J connectivity index is 3.71. The van der Waals surface area contributed by atoms with Crippen molar-refractivity contribution in [2.24, 2.45) is 0 Å². The largest absolute Gasteiger partial charge is 0.0958 e. The molecule has 0 spiro atoms. The molecule has 14 heavy (non-hydrogen) atoms. The van der Waals surface area contributed by atoms with Crippen LogP contribution in [0.3, 0.4) is 0 Å². The Morgan fingerprint density at radius 1 is 1.14 bits per heavy atom. The highest BCUT2D eigenvalue weighted by atomic mass is 14.0. The summed E-state index contributed by atoms with van der Waals surface area (Å²) in [6, 6.07) is 4.28. The van der Waals surface area contributed by atoms with E-state index in [2.05, 4.69) is 46.1 Å². The van der Waals surface area contributed by atoms with E-state index in [1.807, 2.05) is 6.92 Å². The lowest BCUT2D eigenvalue weighted by atomic mass is 10.0. The average Bonchev–Trinajstić information content (AvgIpc) is 2.13. The quantitative estimate of drug-likeness (QED) is 0.632. The van der Waals surface area contributed by atoms with Crippen molar-refractivity contribution >= 4 is 12.2 Å². The molecule has 0 radical (unpaired) electrons. The average molecular weight is 186 g/mol. The highest BCUT2D eigenvalue weighted by Gasteiger charge is 1.97. The van der Waals surface area contributed by atoms with E-state index in [0.29, 0.717) is 0 Å². The van der Waals surface area contributed by atoms with Crippen LogP contribution in [0.25, 0.3) is 12.2 Å². The molecule has 0 aromatic heterocycles. The second-order valence-electron chi connectivity index (χ2n) is 3.94. The summed E-state index contributed by atoms with van der Waals surface area (Å²) in [6.45, 7) is 16.4. The molecular weight excluding hydrogens is 168 g/mol. The van der Waals surface area contributed by atoms with Gasteiger partial charge in [-0.05, 0) is 54.8 Å². The van der Waals surface area contributed by atoms with Crippen molar-refractivity contribution in [3.05, 3.63) is 45.8 Å². The summed E-state index contributed by atoms with van der Waals surface area (Å²) in [7, 11) is 0. The summed E-state index contributed by atoms with van der Waals surface area (Å²) >= 11 is 0. The maximum absolute atomic E-state index is 4.12. The van der Waals surface area contributed by atoms with Gasteiger partial charge in [-0.3, -0.25) is 0 Å². The maximum atomic E-state index is 4.12. The van der Waals surface area contributed by atoms with Crippen molar-refractivity contribution in [3.63, 3.8) is 0 Å². The smallest absolute Gasteiger partial charge is 0.0155 e. The van der Waals surface area contributed by atoms with Crippen molar-refractivity contribution in [1.82, 2.24) is 0 Å². The zero-order valence-electron chi connectivity index (χ0n) is 9.57. The van der Waals surface area contributed by atoms with E-state index < -0.39 is 0 Å². The second-order valence-corrected chi connectivity index (χ2v) is 3.94. The minimum atomic E-state index is 1.11. The molecule has 0 bridgehead atoms. The van der Waals surface area contributed by atoms with Crippen LogP contribution in [0.15, 0.2) is 24.3 Å². The van der Waals surface area contributed by atoms with Crippen molar-refractivity contribution < 1.29 is 0 Å². The van der Waals surface area contributed by atoms with Crippen molar-refractivity contribution in [2.75, 3.05) is 0 Å². The number of benzene rings is 1. The number of allylic oxidation sites excluding steroid dienone is 1. The Labute approximate surface area is 86.3 Å². The van der Waals surface area contributed by atoms with Gasteiger partial charge < -0.3 is 0 Å². The lowest BCUT2D eigenvalue weighted by Crippen LogP contribution is -2.28. The fourth-order valence-electron chi connectivity index (χ4n) is 1.46. The lowest BCUT2D eigenvalue weighted by Gasteiger charge is -2.04. The van der Waals surface area contributed by atoms with Crippen LogP contribution >= 0.6 is 0 Å². The van der Waals surface area contributed by atoms with E-state index in [1.54, 1.807) is 0 Å². The lowest BCUT2D eigenvalue weighted by molar-refractivity contribution is 1.27. The first-order chi connectivity index (χ1) is 6.45. The van der Waals surface area contributed by atoms with E-state index in [1.165, 1.54) is 21.9 Å². The molecule has 0 aliphatic carbocycles. The van der Waals surface area contributed by atoms with Gasteiger partial charge in [0.25, 0.3) is 0 Å². The van der Waals surface area contributed by atoms with Gasteiger partial charge in [-0.15, -0.1) is 0 Å². The Bertz CT molecular complexity index is 475. The van der Waals surface area contributed by atoms with Gasteiger partial charge in [0.15, 0.2) is 0 Å². The predicted octanol–water partition coefficient (Wildman–Crippen LogP) is 2.46. The third-order valence-corrected chi connectivity index (χ3v) is 2.91. The molecule has 0 saturated heterocycles. The molecule has 0 N–H and O–H groups in total. The first kappa shape index (κ1) is 10.8. The van der Waals surface area contributed by atoms with E-state index >= 15 is 0 Å². The van der Waals surface area contributed by atoms with Crippen LogP contribution in [-0.2, 0) is 0 Å². The van der Waals surface area contributed by atoms with Crippen molar-refractivity contribution in [1.29, 1.82) is 0 Å². The monoisotopic (exact) mass is 186 g/mol. The first-order valence-electron chi connectivity index (χ1n) is 4.87. The Hall–Kier alpha value is -1.30. The van der Waals surface area contributed by atoms with E-state index in [4.69, 9.17) is 0 Å². The van der Waals surface area contributed by atoms with Crippen molar-refractivity contribution in [3.8, 4) is 0 Å². The van der Waals surface area contributed by atoms with Gasteiger partial charge >= 0.3 is 0 Å². The van der Waals surface area contributed by atoms with Gasteiger partial charge in [-0.1, -0.05) is 30.9 Å². The molecule has 0 aliphatic rings. The van der Waals surface area contributed by atoms with Gasteiger partial charge in [0.05, 0.1) is 0 Å². The molecule has 0 amide bonds. The summed E-state index contributed by atoms with van der Waals surface area (Å²) in [5.41, 5.74) is 4.92. The second kappa shape index (κ2) is 3.83. The molecule has 0 heteroatoms. The summed E-state index contributed by atoms with van der Waals surface area (Å²) < 4.78 is 0. The molecule has 0 aliphatic heterocycles. The zero-order valence-corrected chi connectivity index (χ0v) is 9.57. The Morgan fingerprint density at radius 2 is 1.71 bits per heavy atom. The minimum Gasteiger partial charge on any atom is -0.0958 e. The van der Waals surface area contributed by atoms with E-state index in [9.17, 15) is 0 Å². The molecule has 0 unspecified atom stereocenters. The SMILES string of the molecule is C=C(C)/C(C)=c1/ccc(C)c(C)c1=C. The van der Waals surface area contributed by atoms with Crippen LogP contribution in [0.1, 0.15) is 25.0 Å². The summed E-state index contributed by atoms with van der Waals surface area (Å²) in [5, 5.41) is 2.35. The topological polar surface area (TPSA) is 0 Å². The fourth-order valence-corrected chi connectivity index (χ4v) is 1.46. The molecule has 0 heterocycles. The van der Waals surface area contributed by atoms with Gasteiger partial charge in [0.1, 0.15) is 0 Å². The third-order valence-electron chi connectivity index (χ3n) is 2.91. The van der Waals surface area contributed by atoms with Gasteiger partial charge in [0.2, 0.25) is 0 Å². The van der Waals surface area contributed by atoms with Crippen LogP contribution in [0.5, 0.6) is 0 Å². The molecular formula is C14H18. The predicted molar refractivity (Wildman–Crippen MR) is 64.6 cm³/mol. The van der Waals surface area contributed by atoms with E-state index in [0.717, 1.165) is 10.8 Å². The Kier molecular flexibility index (Phi) is 2.95. The fraction of sp³-hybridized carbons (Fsp3) is 0.286. The maximum Gasteiger partial charge on any atom is -0.0155 e. The van der Waals surface area contributed by atoms with E-state index in [-0.39, 0.29) is 0 Å². The standard InChI is InChI=1S/C14H18/c1-9(2)11(4)14-8-7-10(3)12(5)13(14)6/h7-8H,1,6H2,2-5H3/b14-11-. The number of aryl methyl sites for hydroxylation is 1. The molecule has 74 valence electrons. The third kappa shape index (κ3) is 1.79. The number of rotatable bonds is 1. The molecule has 0 fully saturated rings. The molecule has 1 aromatic rings. The van der Waals surface area contributed by atoms with Crippen LogP contribution in [0.4, 0.5) is 0 Å². The highest BCUT2D eigenvalue weighted by Crippen LogP contribution is 2.04. The summed E-state index contributed by atoms with van der Waals surface area (Å²) in [6.07, 6.45) is 0. The number of hydrogen-bond donors (Lipinski definition) is 0. The molecule has 1 rings (SSSR count). The van der Waals surface area contributed by atoms with Gasteiger partial charge in [-0.2, -0.15) is 0 Å². The first-order valence-corrected chi connectivity index (χ1v) is 4.87. The Morgan fingerprint density at radius 3 is 2.21 bits per heavy atom.